The smallest absolute Gasteiger partial charge is 0.345 e. The Balaban J connectivity index is 2.26. The van der Waals surface area contributed by atoms with Gasteiger partial charge in [-0.25, -0.2) is 4.79 Å². The van der Waals surface area contributed by atoms with Crippen LogP contribution in [0.1, 0.15) is 35.0 Å². The molecule has 1 fully saturated rings. The molecule has 1 aliphatic rings. The van der Waals surface area contributed by atoms with Crippen molar-refractivity contribution >= 4 is 11.7 Å². The molecule has 1 aliphatic carbocycles. The summed E-state index contributed by atoms with van der Waals surface area (Å²) in [5, 5.41) is 25.2. The van der Waals surface area contributed by atoms with Crippen LogP contribution in [0.3, 0.4) is 0 Å². The quantitative estimate of drug-likeness (QED) is 0.494. The van der Waals surface area contributed by atoms with Gasteiger partial charge in [0.2, 0.25) is 17.5 Å². The van der Waals surface area contributed by atoms with Gasteiger partial charge in [-0.05, 0) is 18.9 Å². The number of aromatic nitrogens is 2. The molecule has 10 nitrogen and oxygen atoms in total. The molecule has 0 bridgehead atoms. The number of benzene rings is 1. The van der Waals surface area contributed by atoms with Crippen LogP contribution in [0.5, 0.6) is 11.5 Å². The van der Waals surface area contributed by atoms with Crippen molar-refractivity contribution in [3.63, 3.8) is 0 Å². The van der Waals surface area contributed by atoms with Gasteiger partial charge in [0.05, 0.1) is 19.1 Å². The molecule has 0 atom stereocenters. The highest BCUT2D eigenvalue weighted by molar-refractivity contribution is 6.02. The van der Waals surface area contributed by atoms with Gasteiger partial charge in [0.15, 0.2) is 11.3 Å². The van der Waals surface area contributed by atoms with Crippen molar-refractivity contribution in [3.05, 3.63) is 27.6 Å². The SMILES string of the molecule is COC(=O)c1c(-c2noc(C3CC3)n2)cc(OC)c(O)c1[N+](=O)[O-]. The van der Waals surface area contributed by atoms with E-state index in [0.29, 0.717) is 5.89 Å². The van der Waals surface area contributed by atoms with Crippen LogP contribution >= 0.6 is 0 Å². The Morgan fingerprint density at radius 3 is 2.71 bits per heavy atom. The van der Waals surface area contributed by atoms with Gasteiger partial charge in [-0.2, -0.15) is 4.98 Å². The highest BCUT2D eigenvalue weighted by Gasteiger charge is 2.36. The normalized spacial score (nSPS) is 13.6. The first-order chi connectivity index (χ1) is 11.5. The standard InChI is InChI=1S/C14H13N3O7/c1-22-8-5-7(12-15-13(24-16-12)6-3-4-6)9(14(19)23-2)10(11(8)18)17(20)21/h5-6,18H,3-4H2,1-2H3. The number of hydrogen-bond acceptors (Lipinski definition) is 9. The summed E-state index contributed by atoms with van der Waals surface area (Å²) in [6.07, 6.45) is 1.84. The van der Waals surface area contributed by atoms with Gasteiger partial charge in [0.25, 0.3) is 0 Å². The molecule has 3 rings (SSSR count). The second-order valence-electron chi connectivity index (χ2n) is 5.18. The Kier molecular flexibility index (Phi) is 3.80. The van der Waals surface area contributed by atoms with Gasteiger partial charge in [-0.3, -0.25) is 10.1 Å². The molecule has 0 spiro atoms. The van der Waals surface area contributed by atoms with Crippen molar-refractivity contribution < 1.29 is 28.8 Å². The summed E-state index contributed by atoms with van der Waals surface area (Å²) < 4.78 is 14.7. The van der Waals surface area contributed by atoms with Gasteiger partial charge in [0, 0.05) is 11.5 Å². The highest BCUT2D eigenvalue weighted by Crippen LogP contribution is 2.45. The molecular formula is C14H13N3O7. The molecular weight excluding hydrogens is 322 g/mol. The monoisotopic (exact) mass is 335 g/mol. The van der Waals surface area contributed by atoms with Gasteiger partial charge in [-0.1, -0.05) is 5.16 Å². The first-order valence-electron chi connectivity index (χ1n) is 6.98. The van der Waals surface area contributed by atoms with Crippen LogP contribution in [0.15, 0.2) is 10.6 Å². The molecule has 24 heavy (non-hydrogen) atoms. The molecule has 0 radical (unpaired) electrons. The van der Waals surface area contributed by atoms with Crippen LogP contribution in [-0.2, 0) is 4.74 Å². The average molecular weight is 335 g/mol. The van der Waals surface area contributed by atoms with E-state index in [1.807, 2.05) is 0 Å². The zero-order chi connectivity index (χ0) is 17.4. The van der Waals surface area contributed by atoms with Crippen molar-refractivity contribution in [3.8, 4) is 22.9 Å². The molecule has 1 aromatic carbocycles. The van der Waals surface area contributed by atoms with Crippen LogP contribution in [0.2, 0.25) is 0 Å². The van der Waals surface area contributed by atoms with Crippen molar-refractivity contribution in [2.24, 2.45) is 0 Å². The second kappa shape index (κ2) is 5.80. The lowest BCUT2D eigenvalue weighted by Crippen LogP contribution is -2.09. The Bertz CT molecular complexity index is 826. The van der Waals surface area contributed by atoms with E-state index >= 15 is 0 Å². The summed E-state index contributed by atoms with van der Waals surface area (Å²) in [6.45, 7) is 0. The molecule has 0 aliphatic heterocycles. The third-order valence-electron chi connectivity index (χ3n) is 3.64. The van der Waals surface area contributed by atoms with Crippen molar-refractivity contribution in [1.29, 1.82) is 0 Å². The number of nitrogens with zero attached hydrogens (tertiary/aromatic N) is 3. The van der Waals surface area contributed by atoms with E-state index in [2.05, 4.69) is 14.9 Å². The topological polar surface area (TPSA) is 138 Å². The molecule has 1 saturated carbocycles. The minimum atomic E-state index is -1.01. The highest BCUT2D eigenvalue weighted by atomic mass is 16.6. The number of aromatic hydroxyl groups is 1. The summed E-state index contributed by atoms with van der Waals surface area (Å²) >= 11 is 0. The van der Waals surface area contributed by atoms with E-state index in [0.717, 1.165) is 20.0 Å². The van der Waals surface area contributed by atoms with Crippen LogP contribution in [-0.4, -0.2) is 40.4 Å². The first kappa shape index (κ1) is 15.7. The van der Waals surface area contributed by atoms with E-state index in [1.54, 1.807) is 0 Å². The van der Waals surface area contributed by atoms with E-state index in [9.17, 15) is 20.0 Å². The first-order valence-corrected chi connectivity index (χ1v) is 6.98. The number of phenolic OH excluding ortho intramolecular Hbond substituents is 1. The van der Waals surface area contributed by atoms with Crippen LogP contribution in [0, 0.1) is 10.1 Å². The number of carbonyl (C=O) groups excluding carboxylic acids is 1. The Morgan fingerprint density at radius 2 is 2.17 bits per heavy atom. The molecule has 10 heteroatoms. The van der Waals surface area contributed by atoms with Gasteiger partial charge >= 0.3 is 11.7 Å². The van der Waals surface area contributed by atoms with E-state index in [1.165, 1.54) is 13.2 Å². The van der Waals surface area contributed by atoms with Crippen LogP contribution < -0.4 is 4.74 Å². The number of nitro groups is 1. The average Bonchev–Trinajstić information content (AvgIpc) is 3.30. The molecule has 0 amide bonds. The molecule has 1 N–H and O–H groups in total. The largest absolute Gasteiger partial charge is 0.499 e. The minimum Gasteiger partial charge on any atom is -0.499 e. The summed E-state index contributed by atoms with van der Waals surface area (Å²) in [5.41, 5.74) is -1.32. The molecule has 2 aromatic rings. The predicted molar refractivity (Wildman–Crippen MR) is 77.9 cm³/mol. The maximum absolute atomic E-state index is 12.1. The van der Waals surface area contributed by atoms with Crippen molar-refractivity contribution in [2.45, 2.75) is 18.8 Å². The van der Waals surface area contributed by atoms with Crippen molar-refractivity contribution in [1.82, 2.24) is 10.1 Å². The number of rotatable bonds is 5. The van der Waals surface area contributed by atoms with Gasteiger partial charge in [-0.15, -0.1) is 0 Å². The zero-order valence-corrected chi connectivity index (χ0v) is 12.8. The Labute approximate surface area is 135 Å². The lowest BCUT2D eigenvalue weighted by Gasteiger charge is -2.10. The number of nitro benzene ring substituents is 1. The summed E-state index contributed by atoms with van der Waals surface area (Å²) in [4.78, 5) is 26.7. The van der Waals surface area contributed by atoms with E-state index in [4.69, 9.17) is 9.26 Å². The third kappa shape index (κ3) is 2.51. The lowest BCUT2D eigenvalue weighted by molar-refractivity contribution is -0.386. The van der Waals surface area contributed by atoms with Crippen LogP contribution in [0.25, 0.3) is 11.4 Å². The Hall–Kier alpha value is -3.17. The van der Waals surface area contributed by atoms with Gasteiger partial charge < -0.3 is 19.1 Å². The fourth-order valence-electron chi connectivity index (χ4n) is 2.29. The summed E-state index contributed by atoms with van der Waals surface area (Å²) in [5.74, 6) is -1.43. The van der Waals surface area contributed by atoms with E-state index in [-0.39, 0.29) is 23.1 Å². The maximum atomic E-state index is 12.1. The number of hydrogen-bond donors (Lipinski definition) is 1. The molecule has 126 valence electrons. The maximum Gasteiger partial charge on any atom is 0.345 e. The second-order valence-corrected chi connectivity index (χ2v) is 5.18. The predicted octanol–water partition coefficient (Wildman–Crippen LogP) is 2.02. The third-order valence-corrected chi connectivity index (χ3v) is 3.64. The fourth-order valence-corrected chi connectivity index (χ4v) is 2.29. The fraction of sp³-hybridized carbons (Fsp3) is 0.357. The number of ether oxygens (including phenoxy) is 2. The summed E-state index contributed by atoms with van der Waals surface area (Å²) in [7, 11) is 2.30. The van der Waals surface area contributed by atoms with Gasteiger partial charge in [0.1, 0.15) is 0 Å². The molecule has 1 heterocycles. The molecule has 0 unspecified atom stereocenters. The van der Waals surface area contributed by atoms with Crippen LogP contribution in [0.4, 0.5) is 5.69 Å². The van der Waals surface area contributed by atoms with Crippen molar-refractivity contribution in [2.75, 3.05) is 14.2 Å². The minimum absolute atomic E-state index is 0.0150. The number of carbonyl (C=O) groups is 1. The molecule has 1 aromatic heterocycles. The van der Waals surface area contributed by atoms with E-state index < -0.39 is 27.9 Å². The summed E-state index contributed by atoms with van der Waals surface area (Å²) in [6, 6.07) is 1.23. The lowest BCUT2D eigenvalue weighted by atomic mass is 10.0. The number of esters is 1. The number of methoxy groups -OCH3 is 2. The Morgan fingerprint density at radius 1 is 1.46 bits per heavy atom. The zero-order valence-electron chi connectivity index (χ0n) is 12.8. The number of phenols is 1. The molecule has 0 saturated heterocycles.